The fourth-order valence-corrected chi connectivity index (χ4v) is 4.18. The van der Waals surface area contributed by atoms with Gasteiger partial charge in [0.05, 0.1) is 6.04 Å². The Hall–Kier alpha value is -2.24. The molecule has 154 valence electrons. The number of benzene rings is 1. The second kappa shape index (κ2) is 10.3. The normalized spacial score (nSPS) is 20.0. The summed E-state index contributed by atoms with van der Waals surface area (Å²) in [7, 11) is 0. The van der Waals surface area contributed by atoms with Crippen molar-refractivity contribution >= 4 is 17.6 Å². The van der Waals surface area contributed by atoms with Crippen molar-refractivity contribution in [1.29, 1.82) is 0 Å². The Bertz CT molecular complexity index is 640. The zero-order valence-corrected chi connectivity index (χ0v) is 17.1. The summed E-state index contributed by atoms with van der Waals surface area (Å²) in [4.78, 5) is 28.1. The van der Waals surface area contributed by atoms with E-state index >= 15 is 0 Å². The standard InChI is InChI=1S/C22H34N4O2/c1-18(27)24-17-21-7-3-6-16-26(21)22(28)23-13-12-19-8-10-20(11-9-19)25-14-4-2-5-15-25/h8-11,21H,2-7,12-17H2,1H3,(H,23,28)(H,24,27). The van der Waals surface area contributed by atoms with Crippen LogP contribution >= 0.6 is 0 Å². The Morgan fingerprint density at radius 3 is 2.39 bits per heavy atom. The number of amides is 3. The van der Waals surface area contributed by atoms with Crippen LogP contribution in [0.3, 0.4) is 0 Å². The first-order chi connectivity index (χ1) is 13.6. The van der Waals surface area contributed by atoms with Crippen molar-refractivity contribution in [1.82, 2.24) is 15.5 Å². The lowest BCUT2D eigenvalue weighted by molar-refractivity contribution is -0.119. The van der Waals surface area contributed by atoms with Gasteiger partial charge in [-0.2, -0.15) is 0 Å². The van der Waals surface area contributed by atoms with Gasteiger partial charge in [-0.25, -0.2) is 4.79 Å². The number of carbonyl (C=O) groups is 2. The topological polar surface area (TPSA) is 64.7 Å². The molecule has 2 fully saturated rings. The highest BCUT2D eigenvalue weighted by Gasteiger charge is 2.26. The first-order valence-electron chi connectivity index (χ1n) is 10.8. The second-order valence-corrected chi connectivity index (χ2v) is 7.98. The predicted octanol–water partition coefficient (Wildman–Crippen LogP) is 2.92. The van der Waals surface area contributed by atoms with E-state index in [0.717, 1.165) is 45.3 Å². The lowest BCUT2D eigenvalue weighted by Gasteiger charge is -2.35. The largest absolute Gasteiger partial charge is 0.372 e. The van der Waals surface area contributed by atoms with E-state index in [0.29, 0.717) is 13.1 Å². The zero-order valence-electron chi connectivity index (χ0n) is 17.1. The third-order valence-corrected chi connectivity index (χ3v) is 5.82. The van der Waals surface area contributed by atoms with Crippen molar-refractivity contribution < 1.29 is 9.59 Å². The molecule has 3 rings (SSSR count). The molecular weight excluding hydrogens is 352 g/mol. The summed E-state index contributed by atoms with van der Waals surface area (Å²) in [6, 6.07) is 8.85. The molecule has 2 heterocycles. The van der Waals surface area contributed by atoms with Crippen LogP contribution < -0.4 is 15.5 Å². The Morgan fingerprint density at radius 1 is 0.964 bits per heavy atom. The third kappa shape index (κ3) is 5.88. The molecule has 0 spiro atoms. The van der Waals surface area contributed by atoms with Gasteiger partial charge in [0, 0.05) is 45.3 Å². The summed E-state index contributed by atoms with van der Waals surface area (Å²) >= 11 is 0. The molecule has 2 saturated heterocycles. The van der Waals surface area contributed by atoms with Crippen molar-refractivity contribution in [3.05, 3.63) is 29.8 Å². The van der Waals surface area contributed by atoms with Gasteiger partial charge in [0.1, 0.15) is 0 Å². The third-order valence-electron chi connectivity index (χ3n) is 5.82. The van der Waals surface area contributed by atoms with Crippen LogP contribution in [0.15, 0.2) is 24.3 Å². The van der Waals surface area contributed by atoms with E-state index in [1.807, 2.05) is 4.90 Å². The molecule has 28 heavy (non-hydrogen) atoms. The minimum absolute atomic E-state index is 0.0139. The average molecular weight is 387 g/mol. The molecule has 0 aliphatic carbocycles. The molecule has 0 radical (unpaired) electrons. The summed E-state index contributed by atoms with van der Waals surface area (Å²) in [5.74, 6) is -0.0427. The van der Waals surface area contributed by atoms with E-state index < -0.39 is 0 Å². The van der Waals surface area contributed by atoms with E-state index in [9.17, 15) is 9.59 Å². The van der Waals surface area contributed by atoms with Gasteiger partial charge in [0.25, 0.3) is 0 Å². The number of anilines is 1. The fourth-order valence-electron chi connectivity index (χ4n) is 4.18. The van der Waals surface area contributed by atoms with Gasteiger partial charge in [-0.1, -0.05) is 12.1 Å². The Morgan fingerprint density at radius 2 is 1.68 bits per heavy atom. The average Bonchev–Trinajstić information content (AvgIpc) is 2.73. The highest BCUT2D eigenvalue weighted by Crippen LogP contribution is 2.20. The number of hydrogen-bond acceptors (Lipinski definition) is 3. The number of hydrogen-bond donors (Lipinski definition) is 2. The molecule has 2 aliphatic rings. The molecular formula is C22H34N4O2. The fraction of sp³-hybridized carbons (Fsp3) is 0.636. The molecule has 6 heteroatoms. The number of rotatable bonds is 6. The van der Waals surface area contributed by atoms with Crippen LogP contribution in [0.2, 0.25) is 0 Å². The highest BCUT2D eigenvalue weighted by molar-refractivity contribution is 5.75. The molecule has 0 aromatic heterocycles. The molecule has 6 nitrogen and oxygen atoms in total. The van der Waals surface area contributed by atoms with E-state index in [1.165, 1.54) is 37.4 Å². The van der Waals surface area contributed by atoms with Gasteiger partial charge in [0.15, 0.2) is 0 Å². The van der Waals surface area contributed by atoms with Gasteiger partial charge in [-0.3, -0.25) is 4.79 Å². The van der Waals surface area contributed by atoms with Crippen LogP contribution in [-0.4, -0.2) is 55.6 Å². The van der Waals surface area contributed by atoms with Crippen LogP contribution in [0.5, 0.6) is 0 Å². The van der Waals surface area contributed by atoms with Crippen molar-refractivity contribution in [2.75, 3.05) is 37.6 Å². The van der Waals surface area contributed by atoms with Crippen LogP contribution in [0.4, 0.5) is 10.5 Å². The second-order valence-electron chi connectivity index (χ2n) is 7.98. The van der Waals surface area contributed by atoms with Gasteiger partial charge >= 0.3 is 6.03 Å². The Labute approximate surface area is 168 Å². The molecule has 1 aromatic carbocycles. The van der Waals surface area contributed by atoms with E-state index in [1.54, 1.807) is 0 Å². The summed E-state index contributed by atoms with van der Waals surface area (Å²) in [5, 5.41) is 5.91. The molecule has 1 aromatic rings. The molecule has 2 aliphatic heterocycles. The van der Waals surface area contributed by atoms with Gasteiger partial charge in [-0.05, 0) is 62.6 Å². The maximum absolute atomic E-state index is 12.6. The van der Waals surface area contributed by atoms with Crippen LogP contribution in [-0.2, 0) is 11.2 Å². The molecule has 3 amide bonds. The van der Waals surface area contributed by atoms with Gasteiger partial charge in [0.2, 0.25) is 5.91 Å². The van der Waals surface area contributed by atoms with Crippen molar-refractivity contribution in [2.45, 2.75) is 57.9 Å². The Balaban J connectivity index is 1.44. The summed E-state index contributed by atoms with van der Waals surface area (Å²) in [5.41, 5.74) is 2.55. The smallest absolute Gasteiger partial charge is 0.317 e. The molecule has 0 saturated carbocycles. The minimum atomic E-state index is -0.0427. The lowest BCUT2D eigenvalue weighted by atomic mass is 10.0. The maximum Gasteiger partial charge on any atom is 0.317 e. The number of likely N-dealkylation sites (tertiary alicyclic amines) is 1. The lowest BCUT2D eigenvalue weighted by Crippen LogP contribution is -2.52. The van der Waals surface area contributed by atoms with Crippen LogP contribution in [0.1, 0.15) is 51.0 Å². The number of urea groups is 1. The van der Waals surface area contributed by atoms with E-state index in [-0.39, 0.29) is 18.0 Å². The first-order valence-corrected chi connectivity index (χ1v) is 10.8. The zero-order chi connectivity index (χ0) is 19.8. The van der Waals surface area contributed by atoms with Crippen LogP contribution in [0, 0.1) is 0 Å². The van der Waals surface area contributed by atoms with E-state index in [4.69, 9.17) is 0 Å². The first kappa shape index (κ1) is 20.5. The summed E-state index contributed by atoms with van der Waals surface area (Å²) in [6.45, 7) is 5.77. The maximum atomic E-state index is 12.6. The van der Waals surface area contributed by atoms with Gasteiger partial charge < -0.3 is 20.4 Å². The Kier molecular flexibility index (Phi) is 7.57. The minimum Gasteiger partial charge on any atom is -0.372 e. The monoisotopic (exact) mass is 386 g/mol. The quantitative estimate of drug-likeness (QED) is 0.790. The number of nitrogens with one attached hydrogen (secondary N) is 2. The predicted molar refractivity (Wildman–Crippen MR) is 113 cm³/mol. The molecule has 0 bridgehead atoms. The van der Waals surface area contributed by atoms with Crippen molar-refractivity contribution in [3.63, 3.8) is 0 Å². The van der Waals surface area contributed by atoms with Crippen molar-refractivity contribution in [3.8, 4) is 0 Å². The number of piperidine rings is 2. The van der Waals surface area contributed by atoms with Gasteiger partial charge in [-0.15, -0.1) is 0 Å². The highest BCUT2D eigenvalue weighted by atomic mass is 16.2. The van der Waals surface area contributed by atoms with Crippen LogP contribution in [0.25, 0.3) is 0 Å². The summed E-state index contributed by atoms with van der Waals surface area (Å²) < 4.78 is 0. The molecule has 1 unspecified atom stereocenters. The molecule has 1 atom stereocenters. The summed E-state index contributed by atoms with van der Waals surface area (Å²) in [6.07, 6.45) is 7.83. The van der Waals surface area contributed by atoms with Crippen molar-refractivity contribution in [2.24, 2.45) is 0 Å². The SMILES string of the molecule is CC(=O)NCC1CCCCN1C(=O)NCCc1ccc(N2CCCCC2)cc1. The van der Waals surface area contributed by atoms with E-state index in [2.05, 4.69) is 39.8 Å². The molecule has 2 N–H and O–H groups in total. The number of carbonyl (C=O) groups excluding carboxylic acids is 2. The number of nitrogens with zero attached hydrogens (tertiary/aromatic N) is 2.